The van der Waals surface area contributed by atoms with E-state index in [-0.39, 0.29) is 5.91 Å². The summed E-state index contributed by atoms with van der Waals surface area (Å²) in [7, 11) is 1.86. The molecule has 0 saturated carbocycles. The molecule has 4 rings (SSSR count). The van der Waals surface area contributed by atoms with Gasteiger partial charge in [0.15, 0.2) is 0 Å². The molecule has 0 aliphatic carbocycles. The molecule has 3 aromatic rings. The van der Waals surface area contributed by atoms with Crippen LogP contribution in [0.2, 0.25) is 0 Å². The normalized spacial score (nSPS) is 15.9. The lowest BCUT2D eigenvalue weighted by atomic mass is 9.96. The third-order valence-electron chi connectivity index (χ3n) is 5.47. The Morgan fingerprint density at radius 2 is 1.89 bits per heavy atom. The molecule has 0 N–H and O–H groups in total. The first-order valence-electron chi connectivity index (χ1n) is 9.79. The Bertz CT molecular complexity index is 950. The van der Waals surface area contributed by atoms with Crippen LogP contribution in [0.25, 0.3) is 5.69 Å². The van der Waals surface area contributed by atoms with Gasteiger partial charge in [0.25, 0.3) is 0 Å². The van der Waals surface area contributed by atoms with E-state index in [4.69, 9.17) is 0 Å². The molecule has 0 fully saturated rings. The number of amides is 1. The van der Waals surface area contributed by atoms with E-state index in [0.717, 1.165) is 24.1 Å². The summed E-state index contributed by atoms with van der Waals surface area (Å²) in [6, 6.07) is 18.8. The van der Waals surface area contributed by atoms with Crippen LogP contribution in [0.5, 0.6) is 0 Å². The van der Waals surface area contributed by atoms with Gasteiger partial charge in [-0.25, -0.2) is 4.68 Å². The number of anilines is 1. The summed E-state index contributed by atoms with van der Waals surface area (Å²) in [6.07, 6.45) is 5.97. The number of hydrogen-bond donors (Lipinski definition) is 0. The van der Waals surface area contributed by atoms with E-state index in [1.807, 2.05) is 54.5 Å². The molecule has 1 aromatic heterocycles. The van der Waals surface area contributed by atoms with Crippen molar-refractivity contribution in [3.8, 4) is 5.69 Å². The second-order valence-corrected chi connectivity index (χ2v) is 7.52. The Balaban J connectivity index is 1.43. The van der Waals surface area contributed by atoms with Gasteiger partial charge in [0.1, 0.15) is 0 Å². The largest absolute Gasteiger partial charge is 0.359 e. The molecule has 144 valence electrons. The molecule has 5 heteroatoms. The van der Waals surface area contributed by atoms with Crippen molar-refractivity contribution in [2.75, 3.05) is 18.5 Å². The molecule has 5 nitrogen and oxygen atoms in total. The minimum absolute atomic E-state index is 0.121. The number of rotatable bonds is 5. The zero-order chi connectivity index (χ0) is 19.5. The minimum atomic E-state index is 0.121. The SMILES string of the molecule is CC1CCc2ccccc2N1CC(=O)N(C)Cc1cnn(-c2ccccc2)c1. The monoisotopic (exact) mass is 374 g/mol. The highest BCUT2D eigenvalue weighted by Crippen LogP contribution is 2.30. The predicted octanol–water partition coefficient (Wildman–Crippen LogP) is 3.67. The van der Waals surface area contributed by atoms with E-state index in [1.165, 1.54) is 11.3 Å². The van der Waals surface area contributed by atoms with Crippen LogP contribution in [-0.4, -0.2) is 40.2 Å². The van der Waals surface area contributed by atoms with Crippen LogP contribution in [0, 0.1) is 0 Å². The molecular formula is C23H26N4O. The van der Waals surface area contributed by atoms with Crippen LogP contribution in [0.3, 0.4) is 0 Å². The van der Waals surface area contributed by atoms with Crippen molar-refractivity contribution in [1.29, 1.82) is 0 Å². The molecule has 1 amide bonds. The van der Waals surface area contributed by atoms with Gasteiger partial charge in [0.05, 0.1) is 18.4 Å². The van der Waals surface area contributed by atoms with Gasteiger partial charge in [-0.05, 0) is 43.5 Å². The number of benzene rings is 2. The van der Waals surface area contributed by atoms with E-state index in [0.29, 0.717) is 19.1 Å². The summed E-state index contributed by atoms with van der Waals surface area (Å²) >= 11 is 0. The number of fused-ring (bicyclic) bond motifs is 1. The van der Waals surface area contributed by atoms with Gasteiger partial charge in [-0.1, -0.05) is 36.4 Å². The van der Waals surface area contributed by atoms with E-state index in [2.05, 4.69) is 41.2 Å². The fraction of sp³-hybridized carbons (Fsp3) is 0.304. The van der Waals surface area contributed by atoms with Gasteiger partial charge in [-0.15, -0.1) is 0 Å². The zero-order valence-electron chi connectivity index (χ0n) is 16.5. The molecule has 0 spiro atoms. The molecule has 0 radical (unpaired) electrons. The van der Waals surface area contributed by atoms with Crippen molar-refractivity contribution >= 4 is 11.6 Å². The summed E-state index contributed by atoms with van der Waals surface area (Å²) in [6.45, 7) is 3.16. The van der Waals surface area contributed by atoms with Crippen LogP contribution in [0.1, 0.15) is 24.5 Å². The number of carbonyl (C=O) groups excluding carboxylic acids is 1. The van der Waals surface area contributed by atoms with Crippen molar-refractivity contribution in [2.24, 2.45) is 0 Å². The average molecular weight is 374 g/mol. The molecule has 1 aliphatic rings. The summed E-state index contributed by atoms with van der Waals surface area (Å²) in [5.41, 5.74) is 4.56. The van der Waals surface area contributed by atoms with Crippen LogP contribution in [0.15, 0.2) is 67.0 Å². The number of nitrogens with zero attached hydrogens (tertiary/aromatic N) is 4. The number of carbonyl (C=O) groups is 1. The maximum atomic E-state index is 12.9. The fourth-order valence-electron chi connectivity index (χ4n) is 3.79. The molecule has 1 unspecified atom stereocenters. The minimum Gasteiger partial charge on any atom is -0.359 e. The third kappa shape index (κ3) is 3.79. The van der Waals surface area contributed by atoms with E-state index < -0.39 is 0 Å². The molecule has 1 atom stereocenters. The lowest BCUT2D eigenvalue weighted by Gasteiger charge is -2.37. The highest BCUT2D eigenvalue weighted by atomic mass is 16.2. The van der Waals surface area contributed by atoms with Crippen LogP contribution < -0.4 is 4.90 Å². The molecule has 0 bridgehead atoms. The molecular weight excluding hydrogens is 348 g/mol. The van der Waals surface area contributed by atoms with Crippen LogP contribution in [0.4, 0.5) is 5.69 Å². The summed E-state index contributed by atoms with van der Waals surface area (Å²) in [4.78, 5) is 16.9. The zero-order valence-corrected chi connectivity index (χ0v) is 16.5. The van der Waals surface area contributed by atoms with Crippen LogP contribution >= 0.6 is 0 Å². The summed E-state index contributed by atoms with van der Waals surface area (Å²) < 4.78 is 1.84. The Labute approximate surface area is 166 Å². The molecule has 0 saturated heterocycles. The Kier molecular flexibility index (Phi) is 5.15. The molecule has 1 aliphatic heterocycles. The standard InChI is InChI=1S/C23H26N4O/c1-18-12-13-20-8-6-7-11-22(20)26(18)17-23(28)25(2)15-19-14-24-27(16-19)21-9-4-3-5-10-21/h3-11,14,16,18H,12-13,15,17H2,1-2H3. The molecule has 28 heavy (non-hydrogen) atoms. The third-order valence-corrected chi connectivity index (χ3v) is 5.47. The van der Waals surface area contributed by atoms with E-state index >= 15 is 0 Å². The Morgan fingerprint density at radius 3 is 2.71 bits per heavy atom. The smallest absolute Gasteiger partial charge is 0.242 e. The first-order valence-corrected chi connectivity index (χ1v) is 9.79. The van der Waals surface area contributed by atoms with Crippen molar-refractivity contribution in [1.82, 2.24) is 14.7 Å². The first-order chi connectivity index (χ1) is 13.6. The second kappa shape index (κ2) is 7.89. The Hall–Kier alpha value is -3.08. The van der Waals surface area contributed by atoms with Gasteiger partial charge in [-0.2, -0.15) is 5.10 Å². The lowest BCUT2D eigenvalue weighted by molar-refractivity contribution is -0.129. The Morgan fingerprint density at radius 1 is 1.14 bits per heavy atom. The predicted molar refractivity (Wildman–Crippen MR) is 112 cm³/mol. The topological polar surface area (TPSA) is 41.4 Å². The van der Waals surface area contributed by atoms with Gasteiger partial charge in [0.2, 0.25) is 5.91 Å². The number of para-hydroxylation sites is 2. The summed E-state index contributed by atoms with van der Waals surface area (Å²) in [5, 5.41) is 4.42. The van der Waals surface area contributed by atoms with Crippen molar-refractivity contribution in [3.05, 3.63) is 78.1 Å². The maximum absolute atomic E-state index is 12.9. The van der Waals surface area contributed by atoms with E-state index in [9.17, 15) is 4.79 Å². The quantitative estimate of drug-likeness (QED) is 0.684. The van der Waals surface area contributed by atoms with Crippen molar-refractivity contribution in [2.45, 2.75) is 32.4 Å². The highest BCUT2D eigenvalue weighted by Gasteiger charge is 2.25. The fourth-order valence-corrected chi connectivity index (χ4v) is 3.79. The second-order valence-electron chi connectivity index (χ2n) is 7.52. The van der Waals surface area contributed by atoms with Gasteiger partial charge in [0, 0.05) is 37.1 Å². The maximum Gasteiger partial charge on any atom is 0.242 e. The lowest BCUT2D eigenvalue weighted by Crippen LogP contribution is -2.44. The highest BCUT2D eigenvalue weighted by molar-refractivity contribution is 5.82. The summed E-state index contributed by atoms with van der Waals surface area (Å²) in [5.74, 6) is 0.121. The molecule has 2 aromatic carbocycles. The van der Waals surface area contributed by atoms with Crippen LogP contribution in [-0.2, 0) is 17.8 Å². The van der Waals surface area contributed by atoms with Crippen molar-refractivity contribution < 1.29 is 4.79 Å². The van der Waals surface area contributed by atoms with Crippen molar-refractivity contribution in [3.63, 3.8) is 0 Å². The molecule has 2 heterocycles. The van der Waals surface area contributed by atoms with Gasteiger partial charge < -0.3 is 9.80 Å². The first kappa shape index (κ1) is 18.3. The number of likely N-dealkylation sites (N-methyl/N-ethyl adjacent to an activating group) is 1. The van der Waals surface area contributed by atoms with Gasteiger partial charge in [-0.3, -0.25) is 4.79 Å². The number of aromatic nitrogens is 2. The number of hydrogen-bond acceptors (Lipinski definition) is 3. The van der Waals surface area contributed by atoms with Gasteiger partial charge >= 0.3 is 0 Å². The average Bonchev–Trinajstić information content (AvgIpc) is 3.19. The van der Waals surface area contributed by atoms with E-state index in [1.54, 1.807) is 4.90 Å². The number of aryl methyl sites for hydroxylation is 1.